The highest BCUT2D eigenvalue weighted by Crippen LogP contribution is 2.57. The lowest BCUT2D eigenvalue weighted by Gasteiger charge is -2.57. The second-order valence-corrected chi connectivity index (χ2v) is 7.76. The topological polar surface area (TPSA) is 64.1 Å². The van der Waals surface area contributed by atoms with Gasteiger partial charge in [0.05, 0.1) is 17.1 Å². The van der Waals surface area contributed by atoms with E-state index in [2.05, 4.69) is 5.32 Å². The van der Waals surface area contributed by atoms with E-state index in [-0.39, 0.29) is 16.2 Å². The molecule has 3 nitrogen and oxygen atoms in total. The predicted molar refractivity (Wildman–Crippen MR) is 84.8 cm³/mol. The van der Waals surface area contributed by atoms with Crippen molar-refractivity contribution < 1.29 is 4.39 Å². The maximum absolute atomic E-state index is 14.5. The molecule has 0 aliphatic heterocycles. The Hall–Kier alpha value is -1.16. The van der Waals surface area contributed by atoms with Crippen LogP contribution in [0.5, 0.6) is 0 Å². The SMILES string of the molecule is Nc1cc(N)c(NC23CC4CC(CC(C4)C2)C3)c(F)c1Cl. The van der Waals surface area contributed by atoms with Crippen molar-refractivity contribution in [2.24, 2.45) is 17.8 Å². The number of hydrogen-bond acceptors (Lipinski definition) is 3. The van der Waals surface area contributed by atoms with E-state index in [9.17, 15) is 4.39 Å². The van der Waals surface area contributed by atoms with Gasteiger partial charge in [0, 0.05) is 5.54 Å². The molecule has 1 aromatic carbocycles. The molecule has 0 aromatic heterocycles. The van der Waals surface area contributed by atoms with Gasteiger partial charge in [-0.3, -0.25) is 0 Å². The molecule has 4 bridgehead atoms. The summed E-state index contributed by atoms with van der Waals surface area (Å²) < 4.78 is 14.5. The van der Waals surface area contributed by atoms with Crippen LogP contribution < -0.4 is 16.8 Å². The first-order chi connectivity index (χ1) is 9.96. The van der Waals surface area contributed by atoms with Gasteiger partial charge in [-0.1, -0.05) is 11.6 Å². The predicted octanol–water partition coefficient (Wildman–Crippen LogP) is 4.02. The average Bonchev–Trinajstić information content (AvgIpc) is 2.40. The first kappa shape index (κ1) is 13.5. The second kappa shape index (κ2) is 4.42. The Bertz CT molecular complexity index is 566. The van der Waals surface area contributed by atoms with Crippen LogP contribution in [0.2, 0.25) is 5.02 Å². The Labute approximate surface area is 129 Å². The zero-order valence-corrected chi connectivity index (χ0v) is 12.7. The monoisotopic (exact) mass is 309 g/mol. The van der Waals surface area contributed by atoms with Crippen LogP contribution in [-0.2, 0) is 0 Å². The molecule has 0 unspecified atom stereocenters. The van der Waals surface area contributed by atoms with Crippen LogP contribution >= 0.6 is 11.6 Å². The lowest BCUT2D eigenvalue weighted by molar-refractivity contribution is 0.0106. The molecule has 0 heterocycles. The molecule has 0 saturated heterocycles. The Balaban J connectivity index is 1.69. The zero-order valence-electron chi connectivity index (χ0n) is 12.0. The van der Waals surface area contributed by atoms with Gasteiger partial charge in [0.2, 0.25) is 0 Å². The van der Waals surface area contributed by atoms with Crippen molar-refractivity contribution in [2.75, 3.05) is 16.8 Å². The molecule has 5 heteroatoms. The van der Waals surface area contributed by atoms with Crippen LogP contribution in [-0.4, -0.2) is 5.54 Å². The standard InChI is InChI=1S/C16H21ClFN3/c17-13-11(19)4-12(20)15(14(13)18)21-16-5-8-1-9(6-16)3-10(2-8)7-16/h4,8-10,21H,1-3,5-7,19-20H2. The lowest BCUT2D eigenvalue weighted by atomic mass is 9.53. The Morgan fingerprint density at radius 1 is 1.05 bits per heavy atom. The van der Waals surface area contributed by atoms with Gasteiger partial charge in [0.25, 0.3) is 0 Å². The fourth-order valence-corrected chi connectivity index (χ4v) is 5.47. The Morgan fingerprint density at radius 2 is 1.57 bits per heavy atom. The average molecular weight is 310 g/mol. The molecule has 4 fully saturated rings. The molecular formula is C16H21ClFN3. The van der Waals surface area contributed by atoms with E-state index in [0.29, 0.717) is 11.4 Å². The number of anilines is 3. The lowest BCUT2D eigenvalue weighted by Crippen LogP contribution is -2.55. The second-order valence-electron chi connectivity index (χ2n) is 7.38. The minimum atomic E-state index is -0.509. The highest BCUT2D eigenvalue weighted by molar-refractivity contribution is 6.33. The number of hydrogen-bond donors (Lipinski definition) is 3. The Kier molecular flexibility index (Phi) is 2.84. The van der Waals surface area contributed by atoms with E-state index in [1.807, 2.05) is 0 Å². The number of halogens is 2. The van der Waals surface area contributed by atoms with Crippen LogP contribution in [0.1, 0.15) is 38.5 Å². The minimum absolute atomic E-state index is 0.00313. The highest BCUT2D eigenvalue weighted by atomic mass is 35.5. The van der Waals surface area contributed by atoms with E-state index in [4.69, 9.17) is 23.1 Å². The van der Waals surface area contributed by atoms with Crippen LogP contribution in [0.4, 0.5) is 21.5 Å². The third kappa shape index (κ3) is 2.07. The van der Waals surface area contributed by atoms with E-state index in [1.165, 1.54) is 19.3 Å². The van der Waals surface area contributed by atoms with Gasteiger partial charge in [-0.15, -0.1) is 0 Å². The van der Waals surface area contributed by atoms with E-state index >= 15 is 0 Å². The summed E-state index contributed by atoms with van der Waals surface area (Å²) in [5, 5.41) is 3.42. The molecule has 5 rings (SSSR count). The third-order valence-corrected chi connectivity index (χ3v) is 6.08. The molecule has 0 spiro atoms. The van der Waals surface area contributed by atoms with Crippen molar-refractivity contribution in [3.8, 4) is 0 Å². The summed E-state index contributed by atoms with van der Waals surface area (Å²) in [5.74, 6) is 1.86. The van der Waals surface area contributed by atoms with Crippen LogP contribution in [0.3, 0.4) is 0 Å². The smallest absolute Gasteiger partial charge is 0.169 e. The van der Waals surface area contributed by atoms with E-state index in [0.717, 1.165) is 37.0 Å². The molecule has 0 radical (unpaired) electrons. The van der Waals surface area contributed by atoms with Crippen molar-refractivity contribution in [2.45, 2.75) is 44.1 Å². The van der Waals surface area contributed by atoms with Crippen molar-refractivity contribution in [3.63, 3.8) is 0 Å². The van der Waals surface area contributed by atoms with Gasteiger partial charge in [0.1, 0.15) is 5.02 Å². The quantitative estimate of drug-likeness (QED) is 0.723. The van der Waals surface area contributed by atoms with Gasteiger partial charge >= 0.3 is 0 Å². The summed E-state index contributed by atoms with van der Waals surface area (Å²) >= 11 is 5.95. The van der Waals surface area contributed by atoms with E-state index < -0.39 is 5.82 Å². The summed E-state index contributed by atoms with van der Waals surface area (Å²) in [6, 6.07) is 1.55. The Morgan fingerprint density at radius 3 is 2.10 bits per heavy atom. The van der Waals surface area contributed by atoms with E-state index in [1.54, 1.807) is 6.07 Å². The van der Waals surface area contributed by atoms with Gasteiger partial charge in [0.15, 0.2) is 5.82 Å². The third-order valence-electron chi connectivity index (χ3n) is 5.69. The summed E-state index contributed by atoms with van der Waals surface area (Å²) in [4.78, 5) is 0. The molecule has 4 saturated carbocycles. The minimum Gasteiger partial charge on any atom is -0.397 e. The highest BCUT2D eigenvalue weighted by Gasteiger charge is 2.51. The first-order valence-electron chi connectivity index (χ1n) is 7.77. The molecular weight excluding hydrogens is 289 g/mol. The summed E-state index contributed by atoms with van der Waals surface area (Å²) in [7, 11) is 0. The molecule has 21 heavy (non-hydrogen) atoms. The fourth-order valence-electron chi connectivity index (χ4n) is 5.32. The molecule has 0 atom stereocenters. The van der Waals surface area contributed by atoms with Crippen molar-refractivity contribution in [1.82, 2.24) is 0 Å². The number of benzene rings is 1. The molecule has 0 amide bonds. The van der Waals surface area contributed by atoms with Crippen molar-refractivity contribution in [1.29, 1.82) is 0 Å². The molecule has 5 N–H and O–H groups in total. The maximum atomic E-state index is 14.5. The van der Waals surface area contributed by atoms with Gasteiger partial charge in [-0.25, -0.2) is 4.39 Å². The molecule has 114 valence electrons. The largest absolute Gasteiger partial charge is 0.397 e. The number of nitrogens with one attached hydrogen (secondary N) is 1. The summed E-state index contributed by atoms with van der Waals surface area (Å²) in [6.07, 6.45) is 7.42. The summed E-state index contributed by atoms with van der Waals surface area (Å²) in [5.41, 5.74) is 12.5. The summed E-state index contributed by atoms with van der Waals surface area (Å²) in [6.45, 7) is 0. The van der Waals surface area contributed by atoms with Crippen LogP contribution in [0.15, 0.2) is 6.07 Å². The number of nitrogen functional groups attached to an aromatic ring is 2. The van der Waals surface area contributed by atoms with Gasteiger partial charge < -0.3 is 16.8 Å². The molecule has 4 aliphatic carbocycles. The van der Waals surface area contributed by atoms with Gasteiger partial charge in [-0.2, -0.15) is 0 Å². The normalized spacial score (nSPS) is 37.0. The fraction of sp³-hybridized carbons (Fsp3) is 0.625. The van der Waals surface area contributed by atoms with Crippen LogP contribution in [0, 0.1) is 23.6 Å². The maximum Gasteiger partial charge on any atom is 0.169 e. The number of rotatable bonds is 2. The molecule has 4 aliphatic rings. The first-order valence-corrected chi connectivity index (χ1v) is 8.15. The van der Waals surface area contributed by atoms with Crippen LogP contribution in [0.25, 0.3) is 0 Å². The number of nitrogens with two attached hydrogens (primary N) is 2. The molecule has 1 aromatic rings. The van der Waals surface area contributed by atoms with Crippen molar-refractivity contribution in [3.05, 3.63) is 16.9 Å². The van der Waals surface area contributed by atoms with Crippen molar-refractivity contribution >= 4 is 28.7 Å². The zero-order chi connectivity index (χ0) is 14.8. The van der Waals surface area contributed by atoms with Gasteiger partial charge in [-0.05, 0) is 62.3 Å².